The van der Waals surface area contributed by atoms with Crippen molar-refractivity contribution in [2.75, 3.05) is 66.0 Å². The predicted octanol–water partition coefficient (Wildman–Crippen LogP) is 0.920. The Morgan fingerprint density at radius 3 is 2.21 bits per heavy atom. The zero-order valence-electron chi connectivity index (χ0n) is 16.8. The molecule has 0 atom stereocenters. The first kappa shape index (κ1) is 20.3. The third-order valence-corrected chi connectivity index (χ3v) is 7.80. The monoisotopic (exact) mass is 416 g/mol. The molecule has 0 spiro atoms. The highest BCUT2D eigenvalue weighted by molar-refractivity contribution is 7.89. The van der Waals surface area contributed by atoms with E-state index in [1.165, 1.54) is 4.31 Å². The van der Waals surface area contributed by atoms with Crippen LogP contribution < -0.4 is 0 Å². The second-order valence-corrected chi connectivity index (χ2v) is 9.81. The zero-order valence-corrected chi connectivity index (χ0v) is 17.6. The van der Waals surface area contributed by atoms with Gasteiger partial charge in [-0.15, -0.1) is 0 Å². The number of carbonyl (C=O) groups excluding carboxylic acids is 1. The van der Waals surface area contributed by atoms with Crippen molar-refractivity contribution in [2.24, 2.45) is 0 Å². The number of sulfonamides is 1. The molecule has 8 heteroatoms. The minimum absolute atomic E-state index is 0.0947. The first-order valence-electron chi connectivity index (χ1n) is 10.1. The Morgan fingerprint density at radius 1 is 0.862 bits per heavy atom. The minimum Gasteiger partial charge on any atom is -0.339 e. The summed E-state index contributed by atoms with van der Waals surface area (Å²) in [4.78, 5) is 19.2. The third-order valence-electron chi connectivity index (χ3n) is 5.90. The van der Waals surface area contributed by atoms with E-state index in [1.807, 2.05) is 30.3 Å². The SMILES string of the molecule is CN1CCN(CC(=O)N2CCN(S(=O)(=O)c3ccc4ccccc4c3)CC2)CC1. The fraction of sp³-hybridized carbons (Fsp3) is 0.476. The van der Waals surface area contributed by atoms with E-state index in [9.17, 15) is 13.2 Å². The molecule has 0 saturated carbocycles. The number of rotatable bonds is 4. The molecule has 1 amide bonds. The van der Waals surface area contributed by atoms with Gasteiger partial charge in [0, 0.05) is 52.4 Å². The van der Waals surface area contributed by atoms with Gasteiger partial charge in [0.1, 0.15) is 0 Å². The predicted molar refractivity (Wildman–Crippen MR) is 113 cm³/mol. The van der Waals surface area contributed by atoms with Gasteiger partial charge in [0.2, 0.25) is 15.9 Å². The largest absolute Gasteiger partial charge is 0.339 e. The molecule has 2 heterocycles. The van der Waals surface area contributed by atoms with Gasteiger partial charge in [-0.1, -0.05) is 30.3 Å². The fourth-order valence-corrected chi connectivity index (χ4v) is 5.41. The quantitative estimate of drug-likeness (QED) is 0.742. The highest BCUT2D eigenvalue weighted by atomic mass is 32.2. The van der Waals surface area contributed by atoms with Crippen LogP contribution in [0, 0.1) is 0 Å². The molecule has 0 unspecified atom stereocenters. The Morgan fingerprint density at radius 2 is 1.52 bits per heavy atom. The van der Waals surface area contributed by atoms with Crippen molar-refractivity contribution in [1.82, 2.24) is 19.0 Å². The summed E-state index contributed by atoms with van der Waals surface area (Å²) in [5.74, 6) is 0.0947. The number of hydrogen-bond donors (Lipinski definition) is 0. The summed E-state index contributed by atoms with van der Waals surface area (Å²) in [6, 6.07) is 13.0. The lowest BCUT2D eigenvalue weighted by Gasteiger charge is -2.36. The molecule has 2 saturated heterocycles. The van der Waals surface area contributed by atoms with Crippen molar-refractivity contribution in [3.8, 4) is 0 Å². The third kappa shape index (κ3) is 4.45. The molecule has 0 bridgehead atoms. The maximum absolute atomic E-state index is 13.1. The average Bonchev–Trinajstić information content (AvgIpc) is 2.75. The summed E-state index contributed by atoms with van der Waals surface area (Å²) < 4.78 is 27.6. The summed E-state index contributed by atoms with van der Waals surface area (Å²) in [6.45, 7) is 5.74. The van der Waals surface area contributed by atoms with Gasteiger partial charge >= 0.3 is 0 Å². The van der Waals surface area contributed by atoms with Crippen LogP contribution >= 0.6 is 0 Å². The number of fused-ring (bicyclic) bond motifs is 1. The fourth-order valence-electron chi connectivity index (χ4n) is 3.95. The van der Waals surface area contributed by atoms with Gasteiger partial charge in [0.05, 0.1) is 11.4 Å². The molecule has 0 radical (unpaired) electrons. The smallest absolute Gasteiger partial charge is 0.243 e. The number of likely N-dealkylation sites (N-methyl/N-ethyl adjacent to an activating group) is 1. The van der Waals surface area contributed by atoms with Gasteiger partial charge < -0.3 is 9.80 Å². The van der Waals surface area contributed by atoms with Crippen LogP contribution in [0.4, 0.5) is 0 Å². The second-order valence-electron chi connectivity index (χ2n) is 7.87. The molecule has 2 aromatic rings. The van der Waals surface area contributed by atoms with Gasteiger partial charge in [0.15, 0.2) is 0 Å². The molecule has 2 fully saturated rings. The minimum atomic E-state index is -3.56. The van der Waals surface area contributed by atoms with E-state index < -0.39 is 10.0 Å². The van der Waals surface area contributed by atoms with Crippen molar-refractivity contribution in [1.29, 1.82) is 0 Å². The number of benzene rings is 2. The van der Waals surface area contributed by atoms with Crippen molar-refractivity contribution in [3.05, 3.63) is 42.5 Å². The standard InChI is InChI=1S/C21H28N4O3S/c1-22-8-10-23(11-9-22)17-21(26)24-12-14-25(15-13-24)29(27,28)20-7-6-18-4-2-3-5-19(18)16-20/h2-7,16H,8-15,17H2,1H3. The van der Waals surface area contributed by atoms with Crippen molar-refractivity contribution < 1.29 is 13.2 Å². The van der Waals surface area contributed by atoms with E-state index in [0.29, 0.717) is 37.6 Å². The number of nitrogens with zero attached hydrogens (tertiary/aromatic N) is 4. The maximum Gasteiger partial charge on any atom is 0.243 e. The molecule has 2 aliphatic rings. The lowest BCUT2D eigenvalue weighted by molar-refractivity contribution is -0.134. The Labute approximate surface area is 172 Å². The van der Waals surface area contributed by atoms with Crippen molar-refractivity contribution >= 4 is 26.7 Å². The molecule has 0 aromatic heterocycles. The van der Waals surface area contributed by atoms with Gasteiger partial charge in [-0.2, -0.15) is 4.31 Å². The maximum atomic E-state index is 13.1. The second kappa shape index (κ2) is 8.39. The lowest BCUT2D eigenvalue weighted by atomic mass is 10.1. The summed E-state index contributed by atoms with van der Waals surface area (Å²) >= 11 is 0. The number of carbonyl (C=O) groups is 1. The Hall–Kier alpha value is -2.00. The molecular weight excluding hydrogens is 388 g/mol. The molecule has 2 aliphatic heterocycles. The summed E-state index contributed by atoms with van der Waals surface area (Å²) in [7, 11) is -1.46. The van der Waals surface area contributed by atoms with E-state index in [2.05, 4.69) is 16.8 Å². The van der Waals surface area contributed by atoms with E-state index in [0.717, 1.165) is 37.0 Å². The van der Waals surface area contributed by atoms with E-state index in [4.69, 9.17) is 0 Å². The molecule has 156 valence electrons. The molecule has 4 rings (SSSR count). The molecular formula is C21H28N4O3S. The molecule has 0 N–H and O–H groups in total. The van der Waals surface area contributed by atoms with Crippen LogP contribution in [0.3, 0.4) is 0 Å². The number of hydrogen-bond acceptors (Lipinski definition) is 5. The van der Waals surface area contributed by atoms with E-state index >= 15 is 0 Å². The summed E-state index contributed by atoms with van der Waals surface area (Å²) in [6.07, 6.45) is 0. The van der Waals surface area contributed by atoms with Gasteiger partial charge in [-0.05, 0) is 30.0 Å². The highest BCUT2D eigenvalue weighted by Crippen LogP contribution is 2.23. The Balaban J connectivity index is 1.37. The highest BCUT2D eigenvalue weighted by Gasteiger charge is 2.31. The molecule has 7 nitrogen and oxygen atoms in total. The molecule has 2 aromatic carbocycles. The van der Waals surface area contributed by atoms with Gasteiger partial charge in [0.25, 0.3) is 0 Å². The van der Waals surface area contributed by atoms with Crippen LogP contribution in [0.5, 0.6) is 0 Å². The van der Waals surface area contributed by atoms with Crippen LogP contribution in [0.1, 0.15) is 0 Å². The van der Waals surface area contributed by atoms with Crippen LogP contribution in [-0.2, 0) is 14.8 Å². The van der Waals surface area contributed by atoms with Gasteiger partial charge in [-0.25, -0.2) is 8.42 Å². The average molecular weight is 417 g/mol. The summed E-state index contributed by atoms with van der Waals surface area (Å²) in [5.41, 5.74) is 0. The van der Waals surface area contributed by atoms with Crippen LogP contribution in [0.2, 0.25) is 0 Å². The normalized spacial score (nSPS) is 20.2. The van der Waals surface area contributed by atoms with E-state index in [1.54, 1.807) is 17.0 Å². The van der Waals surface area contributed by atoms with E-state index in [-0.39, 0.29) is 5.91 Å². The van der Waals surface area contributed by atoms with Crippen molar-refractivity contribution in [2.45, 2.75) is 4.90 Å². The van der Waals surface area contributed by atoms with Gasteiger partial charge in [-0.3, -0.25) is 9.69 Å². The first-order valence-corrected chi connectivity index (χ1v) is 11.6. The first-order chi connectivity index (χ1) is 13.9. The molecule has 29 heavy (non-hydrogen) atoms. The molecule has 0 aliphatic carbocycles. The number of amides is 1. The van der Waals surface area contributed by atoms with Crippen LogP contribution in [0.15, 0.2) is 47.4 Å². The topological polar surface area (TPSA) is 64.2 Å². The number of piperazine rings is 2. The Kier molecular flexibility index (Phi) is 5.87. The Bertz CT molecular complexity index is 978. The zero-order chi connectivity index (χ0) is 20.4. The lowest BCUT2D eigenvalue weighted by Crippen LogP contribution is -2.54. The van der Waals surface area contributed by atoms with Crippen LogP contribution in [0.25, 0.3) is 10.8 Å². The van der Waals surface area contributed by atoms with Crippen LogP contribution in [-0.4, -0.2) is 99.3 Å². The summed E-state index contributed by atoms with van der Waals surface area (Å²) in [5, 5.41) is 1.93. The van der Waals surface area contributed by atoms with Crippen molar-refractivity contribution in [3.63, 3.8) is 0 Å².